The molecule has 0 fully saturated rings. The van der Waals surface area contributed by atoms with Crippen molar-refractivity contribution in [3.8, 4) is 5.88 Å². The average Bonchev–Trinajstić information content (AvgIpc) is 2.35. The van der Waals surface area contributed by atoms with Crippen molar-refractivity contribution in [1.29, 1.82) is 0 Å². The number of rotatable bonds is 6. The highest BCUT2D eigenvalue weighted by molar-refractivity contribution is 5.87. The van der Waals surface area contributed by atoms with Crippen LogP contribution in [-0.2, 0) is 9.59 Å². The summed E-state index contributed by atoms with van der Waals surface area (Å²) in [5.74, 6) is -3.55. The molecule has 0 bridgehead atoms. The van der Waals surface area contributed by atoms with E-state index >= 15 is 0 Å². The zero-order chi connectivity index (χ0) is 17.0. The molecule has 0 unspecified atom stereocenters. The summed E-state index contributed by atoms with van der Waals surface area (Å²) in [6.07, 6.45) is -0.0392. The number of aliphatic imine (C=N–C) groups is 1. The topological polar surface area (TPSA) is 162 Å². The molecule has 0 aromatic carbocycles. The number of aromatic amines is 1. The van der Waals surface area contributed by atoms with Crippen LogP contribution in [0.3, 0.4) is 0 Å². The summed E-state index contributed by atoms with van der Waals surface area (Å²) < 4.78 is 0.885. The number of aromatic nitrogens is 2. The van der Waals surface area contributed by atoms with E-state index in [-0.39, 0.29) is 0 Å². The van der Waals surface area contributed by atoms with Crippen LogP contribution >= 0.6 is 0 Å². The van der Waals surface area contributed by atoms with Crippen molar-refractivity contribution < 1.29 is 24.9 Å². The molecule has 0 saturated heterocycles. The summed E-state index contributed by atoms with van der Waals surface area (Å²) in [6, 6.07) is -2.08. The number of aliphatic carboxylic acids is 2. The maximum absolute atomic E-state index is 11.7. The molecule has 120 valence electrons. The molecule has 10 nitrogen and oxygen atoms in total. The number of nitrogens with one attached hydrogen (secondary N) is 1. The van der Waals surface area contributed by atoms with Crippen LogP contribution in [0.15, 0.2) is 14.6 Å². The molecule has 1 rings (SSSR count). The third-order valence-electron chi connectivity index (χ3n) is 2.71. The predicted octanol–water partition coefficient (Wildman–Crippen LogP) is -0.830. The maximum Gasteiger partial charge on any atom is 0.331 e. The molecule has 22 heavy (non-hydrogen) atoms. The van der Waals surface area contributed by atoms with Gasteiger partial charge in [-0.1, -0.05) is 0 Å². The van der Waals surface area contributed by atoms with Gasteiger partial charge in [-0.15, -0.1) is 0 Å². The fourth-order valence-corrected chi connectivity index (χ4v) is 1.68. The minimum absolute atomic E-state index is 0.426. The number of hydrogen-bond donors (Lipinski definition) is 4. The van der Waals surface area contributed by atoms with Crippen LogP contribution in [-0.4, -0.2) is 49.1 Å². The maximum atomic E-state index is 11.7. The lowest BCUT2D eigenvalue weighted by Crippen LogP contribution is -2.33. The van der Waals surface area contributed by atoms with E-state index in [0.717, 1.165) is 10.8 Å². The van der Waals surface area contributed by atoms with E-state index < -0.39 is 53.1 Å². The highest BCUT2D eigenvalue weighted by Gasteiger charge is 2.20. The van der Waals surface area contributed by atoms with E-state index in [0.29, 0.717) is 0 Å². The molecule has 1 atom stereocenters. The molecule has 1 aromatic rings. The lowest BCUT2D eigenvalue weighted by atomic mass is 10.2. The minimum atomic E-state index is -1.62. The Morgan fingerprint density at radius 2 is 1.91 bits per heavy atom. The van der Waals surface area contributed by atoms with Gasteiger partial charge in [-0.3, -0.25) is 24.1 Å². The van der Waals surface area contributed by atoms with E-state index in [4.69, 9.17) is 10.2 Å². The van der Waals surface area contributed by atoms with Gasteiger partial charge in [0.05, 0.1) is 6.42 Å². The van der Waals surface area contributed by atoms with Gasteiger partial charge in [-0.25, -0.2) is 9.59 Å². The number of nitrogens with zero attached hydrogens (tertiary/aromatic N) is 2. The molecular weight excluding hydrogens is 298 g/mol. The van der Waals surface area contributed by atoms with Crippen LogP contribution in [0.4, 0.5) is 0 Å². The highest BCUT2D eigenvalue weighted by Crippen LogP contribution is 2.13. The summed E-state index contributed by atoms with van der Waals surface area (Å²) in [6.45, 7) is 3.18. The first kappa shape index (κ1) is 17.1. The summed E-state index contributed by atoms with van der Waals surface area (Å²) >= 11 is 0. The van der Waals surface area contributed by atoms with E-state index in [2.05, 4.69) is 4.99 Å². The Morgan fingerprint density at radius 3 is 2.36 bits per heavy atom. The first-order valence-corrected chi connectivity index (χ1v) is 6.20. The lowest BCUT2D eigenvalue weighted by Gasteiger charge is -2.12. The van der Waals surface area contributed by atoms with E-state index in [1.165, 1.54) is 0 Å². The molecule has 10 heteroatoms. The van der Waals surface area contributed by atoms with Crippen LogP contribution in [0.5, 0.6) is 5.88 Å². The molecule has 0 aliphatic carbocycles. The second-order valence-corrected chi connectivity index (χ2v) is 4.69. The number of carbonyl (C=O) groups is 2. The third-order valence-corrected chi connectivity index (χ3v) is 2.71. The Kier molecular flexibility index (Phi) is 5.22. The number of carboxylic acid groups (broad SMARTS) is 2. The Hall–Kier alpha value is -2.91. The van der Waals surface area contributed by atoms with Crippen molar-refractivity contribution >= 4 is 18.2 Å². The third kappa shape index (κ3) is 3.81. The Labute approximate surface area is 123 Å². The quantitative estimate of drug-likeness (QED) is 0.498. The predicted molar refractivity (Wildman–Crippen MR) is 74.6 cm³/mol. The summed E-state index contributed by atoms with van der Waals surface area (Å²) in [4.78, 5) is 50.1. The molecule has 1 aromatic heterocycles. The normalized spacial score (nSPS) is 12.7. The zero-order valence-corrected chi connectivity index (χ0v) is 11.8. The second-order valence-electron chi connectivity index (χ2n) is 4.69. The SMILES string of the molecule is CC(C)n1c(O)c(C=N[C@H](CC(=O)O)C(=O)O)c(=O)[nH]c1=O. The van der Waals surface area contributed by atoms with Gasteiger partial charge in [0.1, 0.15) is 5.56 Å². The second kappa shape index (κ2) is 6.70. The zero-order valence-electron chi connectivity index (χ0n) is 11.8. The highest BCUT2D eigenvalue weighted by atomic mass is 16.4. The summed E-state index contributed by atoms with van der Waals surface area (Å²) in [5.41, 5.74) is -2.21. The van der Waals surface area contributed by atoms with Gasteiger partial charge in [0.25, 0.3) is 5.56 Å². The summed E-state index contributed by atoms with van der Waals surface area (Å²) in [7, 11) is 0. The Balaban J connectivity index is 3.33. The molecule has 4 N–H and O–H groups in total. The Morgan fingerprint density at radius 1 is 1.32 bits per heavy atom. The molecule has 0 saturated carbocycles. The van der Waals surface area contributed by atoms with Crippen molar-refractivity contribution in [1.82, 2.24) is 9.55 Å². The fraction of sp³-hybridized carbons (Fsp3) is 0.417. The van der Waals surface area contributed by atoms with Crippen LogP contribution in [0, 0.1) is 0 Å². The summed E-state index contributed by atoms with van der Waals surface area (Å²) in [5, 5.41) is 27.4. The molecule has 0 aliphatic heterocycles. The van der Waals surface area contributed by atoms with Gasteiger partial charge < -0.3 is 15.3 Å². The Bertz CT molecular complexity index is 729. The van der Waals surface area contributed by atoms with Crippen molar-refractivity contribution in [2.75, 3.05) is 0 Å². The molecule has 0 radical (unpaired) electrons. The average molecular weight is 313 g/mol. The monoisotopic (exact) mass is 313 g/mol. The van der Waals surface area contributed by atoms with Gasteiger partial charge >= 0.3 is 17.6 Å². The van der Waals surface area contributed by atoms with Gasteiger partial charge in [0.2, 0.25) is 5.88 Å². The van der Waals surface area contributed by atoms with Gasteiger partial charge in [-0.2, -0.15) is 0 Å². The van der Waals surface area contributed by atoms with Crippen molar-refractivity contribution in [3.05, 3.63) is 26.4 Å². The van der Waals surface area contributed by atoms with Crippen LogP contribution in [0.25, 0.3) is 0 Å². The van der Waals surface area contributed by atoms with Crippen LogP contribution in [0.2, 0.25) is 0 Å². The van der Waals surface area contributed by atoms with E-state index in [1.54, 1.807) is 13.8 Å². The van der Waals surface area contributed by atoms with Gasteiger partial charge in [0, 0.05) is 12.3 Å². The largest absolute Gasteiger partial charge is 0.494 e. The van der Waals surface area contributed by atoms with E-state index in [9.17, 15) is 24.3 Å². The fourth-order valence-electron chi connectivity index (χ4n) is 1.68. The molecule has 1 heterocycles. The van der Waals surface area contributed by atoms with Crippen LogP contribution < -0.4 is 11.2 Å². The van der Waals surface area contributed by atoms with Crippen molar-refractivity contribution in [2.45, 2.75) is 32.4 Å². The molecule has 0 spiro atoms. The smallest absolute Gasteiger partial charge is 0.331 e. The number of aromatic hydroxyl groups is 1. The van der Waals surface area contributed by atoms with Crippen LogP contribution in [0.1, 0.15) is 31.9 Å². The standard InChI is InChI=1S/C12H15N3O7/c1-5(2)15-10(19)6(9(18)14-12(15)22)4-13-7(11(20)21)3-8(16)17/h4-5,7,19H,3H2,1-2H3,(H,16,17)(H,20,21)(H,14,18,22)/t7-/m1/s1. The minimum Gasteiger partial charge on any atom is -0.494 e. The lowest BCUT2D eigenvalue weighted by molar-refractivity contribution is -0.144. The number of hydrogen-bond acceptors (Lipinski definition) is 6. The molecule has 0 amide bonds. The van der Waals surface area contributed by atoms with Crippen molar-refractivity contribution in [3.63, 3.8) is 0 Å². The number of H-pyrrole nitrogens is 1. The molecular formula is C12H15N3O7. The van der Waals surface area contributed by atoms with Gasteiger partial charge in [0.15, 0.2) is 6.04 Å². The first-order chi connectivity index (χ1) is 10.1. The van der Waals surface area contributed by atoms with Gasteiger partial charge in [-0.05, 0) is 13.8 Å². The first-order valence-electron chi connectivity index (χ1n) is 6.20. The van der Waals surface area contributed by atoms with E-state index in [1.807, 2.05) is 4.98 Å². The molecule has 0 aliphatic rings. The van der Waals surface area contributed by atoms with Crippen molar-refractivity contribution in [2.24, 2.45) is 4.99 Å². The number of carboxylic acids is 2.